The van der Waals surface area contributed by atoms with Gasteiger partial charge >= 0.3 is 0 Å². The Bertz CT molecular complexity index is 794. The molecule has 1 fully saturated rings. The quantitative estimate of drug-likeness (QED) is 0.753. The number of hydrogen-bond donors (Lipinski definition) is 0. The van der Waals surface area contributed by atoms with Gasteiger partial charge in [0.25, 0.3) is 11.2 Å². The Morgan fingerprint density at radius 1 is 1.18 bits per heavy atom. The van der Waals surface area contributed by atoms with Crippen LogP contribution in [0.2, 0.25) is 5.02 Å². The van der Waals surface area contributed by atoms with E-state index in [1.807, 2.05) is 0 Å². The molecule has 2 heterocycles. The Balaban J connectivity index is 2.18. The van der Waals surface area contributed by atoms with Gasteiger partial charge < -0.3 is 19.7 Å². The van der Waals surface area contributed by atoms with Gasteiger partial charge in [0, 0.05) is 44.1 Å². The lowest BCUT2D eigenvalue weighted by molar-refractivity contribution is -0.473. The summed E-state index contributed by atoms with van der Waals surface area (Å²) in [6, 6.07) is 3.33. The molecule has 0 aliphatic carbocycles. The molecule has 7 heteroatoms. The number of rotatable bonds is 1. The average molecular weight is 323 g/mol. The minimum absolute atomic E-state index is 0.306. The van der Waals surface area contributed by atoms with Crippen molar-refractivity contribution in [1.29, 1.82) is 0 Å². The van der Waals surface area contributed by atoms with Crippen LogP contribution in [0.15, 0.2) is 12.1 Å². The molecule has 0 bridgehead atoms. The first-order valence-corrected chi connectivity index (χ1v) is 7.67. The maximum absolute atomic E-state index is 12.4. The van der Waals surface area contributed by atoms with Crippen LogP contribution < -0.4 is 9.33 Å². The maximum Gasteiger partial charge on any atom is 0.288 e. The van der Waals surface area contributed by atoms with Gasteiger partial charge in [-0.3, -0.25) is 0 Å². The average Bonchev–Trinajstić information content (AvgIpc) is 2.51. The van der Waals surface area contributed by atoms with Crippen LogP contribution in [-0.4, -0.2) is 42.9 Å². The number of fused-ring (bicyclic) bond motifs is 1. The molecule has 0 unspecified atom stereocenters. The molecule has 1 aliphatic rings. The largest absolute Gasteiger partial charge is 0.805 e. The molecule has 1 aliphatic heterocycles. The molecule has 3 rings (SSSR count). The van der Waals surface area contributed by atoms with E-state index in [0.717, 1.165) is 41.0 Å². The minimum atomic E-state index is 0.306. The predicted molar refractivity (Wildman–Crippen MR) is 88.3 cm³/mol. The second-order valence-corrected chi connectivity index (χ2v) is 6.25. The molecule has 22 heavy (non-hydrogen) atoms. The number of anilines is 1. The summed E-state index contributed by atoms with van der Waals surface area (Å²) in [6.07, 6.45) is 0. The zero-order valence-corrected chi connectivity index (χ0v) is 13.7. The Kier molecular flexibility index (Phi) is 3.74. The van der Waals surface area contributed by atoms with Crippen LogP contribution in [0.3, 0.4) is 0 Å². The van der Waals surface area contributed by atoms with Crippen molar-refractivity contribution in [3.05, 3.63) is 38.7 Å². The number of hydrogen-bond acceptors (Lipinski definition) is 4. The summed E-state index contributed by atoms with van der Waals surface area (Å²) in [7, 11) is 2.08. The molecular weight excluding hydrogens is 304 g/mol. The molecule has 0 radical (unpaired) electrons. The van der Waals surface area contributed by atoms with Crippen molar-refractivity contribution < 1.29 is 4.43 Å². The molecule has 1 aromatic heterocycles. The van der Waals surface area contributed by atoms with Crippen LogP contribution in [0, 0.1) is 24.0 Å². The lowest BCUT2D eigenvalue weighted by atomic mass is 10.2. The number of benzene rings is 1. The van der Waals surface area contributed by atoms with Gasteiger partial charge in [0.2, 0.25) is 0 Å². The highest BCUT2D eigenvalue weighted by Crippen LogP contribution is 2.30. The smallest absolute Gasteiger partial charge is 0.288 e. The van der Waals surface area contributed by atoms with Gasteiger partial charge in [-0.2, -0.15) is 0 Å². The van der Waals surface area contributed by atoms with Crippen LogP contribution in [0.4, 0.5) is 5.69 Å². The fourth-order valence-corrected chi connectivity index (χ4v) is 3.09. The summed E-state index contributed by atoms with van der Waals surface area (Å²) in [5.41, 5.74) is 2.28. The van der Waals surface area contributed by atoms with Crippen molar-refractivity contribution in [2.45, 2.75) is 13.8 Å². The third kappa shape index (κ3) is 2.32. The molecule has 1 saturated heterocycles. The highest BCUT2D eigenvalue weighted by molar-refractivity contribution is 6.34. The number of aromatic nitrogens is 2. The van der Waals surface area contributed by atoms with E-state index in [1.165, 1.54) is 0 Å². The van der Waals surface area contributed by atoms with Crippen molar-refractivity contribution in [1.82, 2.24) is 9.63 Å². The van der Waals surface area contributed by atoms with Gasteiger partial charge in [0.1, 0.15) is 5.52 Å². The first-order valence-electron chi connectivity index (χ1n) is 7.29. The predicted octanol–water partition coefficient (Wildman–Crippen LogP) is 1.92. The maximum atomic E-state index is 12.4. The van der Waals surface area contributed by atoms with Crippen molar-refractivity contribution >= 4 is 28.3 Å². The monoisotopic (exact) mass is 322 g/mol. The minimum Gasteiger partial charge on any atom is -0.805 e. The van der Waals surface area contributed by atoms with Gasteiger partial charge in [-0.15, -0.1) is 0 Å². The molecule has 6 nitrogen and oxygen atoms in total. The molecule has 0 amide bonds. The number of halogens is 1. The lowest BCUT2D eigenvalue weighted by Gasteiger charge is -2.34. The number of piperazine rings is 1. The van der Waals surface area contributed by atoms with Crippen LogP contribution in [0.25, 0.3) is 11.0 Å². The van der Waals surface area contributed by atoms with E-state index in [9.17, 15) is 10.1 Å². The molecule has 1 aromatic carbocycles. The van der Waals surface area contributed by atoms with Crippen molar-refractivity contribution in [3.63, 3.8) is 0 Å². The topological polar surface area (TPSA) is 57.4 Å². The van der Waals surface area contributed by atoms with Gasteiger partial charge in [-0.05, 0) is 20.0 Å². The fourth-order valence-electron chi connectivity index (χ4n) is 2.81. The van der Waals surface area contributed by atoms with E-state index >= 15 is 0 Å². The van der Waals surface area contributed by atoms with Crippen LogP contribution >= 0.6 is 11.6 Å². The van der Waals surface area contributed by atoms with Gasteiger partial charge in [0.15, 0.2) is 0 Å². The molecule has 0 spiro atoms. The Morgan fingerprint density at radius 3 is 2.45 bits per heavy atom. The van der Waals surface area contributed by atoms with Crippen LogP contribution in [0.1, 0.15) is 11.4 Å². The molecule has 0 atom stereocenters. The van der Waals surface area contributed by atoms with E-state index in [0.29, 0.717) is 27.4 Å². The van der Waals surface area contributed by atoms with Crippen molar-refractivity contribution in [2.75, 3.05) is 38.1 Å². The van der Waals surface area contributed by atoms with E-state index in [2.05, 4.69) is 16.8 Å². The normalized spacial score (nSPS) is 16.5. The van der Waals surface area contributed by atoms with Gasteiger partial charge in [0.05, 0.1) is 20.8 Å². The van der Waals surface area contributed by atoms with Crippen LogP contribution in [-0.2, 0) is 0 Å². The van der Waals surface area contributed by atoms with Crippen LogP contribution in [0.5, 0.6) is 0 Å². The SMILES string of the molecule is Cc1c(C)[n+](=O)c2cc(N3CCN(C)CC3)c(Cl)cc2n1[O-]. The van der Waals surface area contributed by atoms with E-state index in [1.54, 1.807) is 26.0 Å². The zero-order valence-electron chi connectivity index (χ0n) is 13.0. The number of likely N-dealkylation sites (N-methyl/N-ethyl adjacent to an activating group) is 1. The summed E-state index contributed by atoms with van der Waals surface area (Å²) in [4.78, 5) is 16.8. The molecule has 0 N–H and O–H groups in total. The fraction of sp³-hybridized carbons (Fsp3) is 0.467. The standard InChI is InChI=1S/C15H19ClN4O2/c1-10-11(2)20(22)15-9-13(12(16)8-14(15)19(10)21)18-6-4-17(3)5-7-18/h8-9H,4-7H2,1-3H3. The summed E-state index contributed by atoms with van der Waals surface area (Å²) in [5.74, 6) is 0. The third-order valence-corrected chi connectivity index (χ3v) is 4.76. The second-order valence-electron chi connectivity index (χ2n) is 5.84. The molecular formula is C15H19ClN4O2. The highest BCUT2D eigenvalue weighted by Gasteiger charge is 2.22. The first kappa shape index (κ1) is 15.1. The highest BCUT2D eigenvalue weighted by atomic mass is 35.5. The first-order chi connectivity index (χ1) is 10.4. The summed E-state index contributed by atoms with van der Waals surface area (Å²) >= 11 is 6.37. The van der Waals surface area contributed by atoms with Crippen molar-refractivity contribution in [2.24, 2.45) is 0 Å². The van der Waals surface area contributed by atoms with E-state index in [4.69, 9.17) is 11.6 Å². The Morgan fingerprint density at radius 2 is 1.82 bits per heavy atom. The Labute approximate surface area is 133 Å². The summed E-state index contributed by atoms with van der Waals surface area (Å²) < 4.78 is 1.59. The van der Waals surface area contributed by atoms with E-state index in [-0.39, 0.29) is 0 Å². The van der Waals surface area contributed by atoms with E-state index < -0.39 is 0 Å². The van der Waals surface area contributed by atoms with Crippen molar-refractivity contribution in [3.8, 4) is 0 Å². The summed E-state index contributed by atoms with van der Waals surface area (Å²) in [5, 5.41) is 12.8. The summed E-state index contributed by atoms with van der Waals surface area (Å²) in [6.45, 7) is 6.88. The number of nitrogens with zero attached hydrogens (tertiary/aromatic N) is 4. The Hall–Kier alpha value is -1.79. The second kappa shape index (κ2) is 5.44. The third-order valence-electron chi connectivity index (χ3n) is 4.46. The molecule has 2 aromatic rings. The lowest BCUT2D eigenvalue weighted by Crippen LogP contribution is -2.44. The molecule has 118 valence electrons. The van der Waals surface area contributed by atoms with Gasteiger partial charge in [-0.1, -0.05) is 11.6 Å². The zero-order chi connectivity index (χ0) is 16.0. The van der Waals surface area contributed by atoms with Gasteiger partial charge in [-0.25, -0.2) is 0 Å². The molecule has 0 saturated carbocycles.